The fraction of sp³-hybridized carbons (Fsp3) is 0.312. The van der Waals surface area contributed by atoms with E-state index in [0.717, 1.165) is 29.9 Å². The molecule has 1 aromatic heterocycles. The van der Waals surface area contributed by atoms with E-state index in [1.54, 1.807) is 0 Å². The highest BCUT2D eigenvalue weighted by atomic mass is 79.9. The zero-order valence-electron chi connectivity index (χ0n) is 11.9. The number of aromatic nitrogens is 1. The summed E-state index contributed by atoms with van der Waals surface area (Å²) in [5.41, 5.74) is 2.53. The molecular weight excluding hydrogens is 314 g/mol. The van der Waals surface area contributed by atoms with E-state index in [9.17, 15) is 0 Å². The van der Waals surface area contributed by atoms with Gasteiger partial charge in [0.2, 0.25) is 0 Å². The molecule has 0 saturated carbocycles. The molecule has 0 aliphatic carbocycles. The van der Waals surface area contributed by atoms with E-state index >= 15 is 0 Å². The molecular formula is C16H20BrN3. The van der Waals surface area contributed by atoms with Crippen molar-refractivity contribution in [2.45, 2.75) is 20.0 Å². The molecule has 1 N–H and O–H groups in total. The van der Waals surface area contributed by atoms with Crippen molar-refractivity contribution in [3.05, 3.63) is 58.2 Å². The quantitative estimate of drug-likeness (QED) is 0.868. The Labute approximate surface area is 129 Å². The van der Waals surface area contributed by atoms with Crippen molar-refractivity contribution in [3.8, 4) is 0 Å². The van der Waals surface area contributed by atoms with Gasteiger partial charge in [0.1, 0.15) is 5.82 Å². The molecule has 0 amide bonds. The lowest BCUT2D eigenvalue weighted by atomic mass is 10.2. The van der Waals surface area contributed by atoms with E-state index in [2.05, 4.69) is 69.4 Å². The summed E-state index contributed by atoms with van der Waals surface area (Å²) in [6.07, 6.45) is 1.94. The average molecular weight is 334 g/mol. The van der Waals surface area contributed by atoms with Gasteiger partial charge in [0.15, 0.2) is 0 Å². The summed E-state index contributed by atoms with van der Waals surface area (Å²) in [6, 6.07) is 12.6. The van der Waals surface area contributed by atoms with Crippen LogP contribution < -0.4 is 5.32 Å². The maximum atomic E-state index is 4.40. The SMILES string of the molecule is CCNc1ccc(CN(C)Cc2cccc(Br)c2)cn1. The smallest absolute Gasteiger partial charge is 0.125 e. The van der Waals surface area contributed by atoms with Crippen molar-refractivity contribution in [2.24, 2.45) is 0 Å². The predicted molar refractivity (Wildman–Crippen MR) is 87.7 cm³/mol. The highest BCUT2D eigenvalue weighted by molar-refractivity contribution is 9.10. The van der Waals surface area contributed by atoms with Crippen LogP contribution in [0.3, 0.4) is 0 Å². The lowest BCUT2D eigenvalue weighted by Crippen LogP contribution is -2.17. The van der Waals surface area contributed by atoms with Gasteiger partial charge in [-0.2, -0.15) is 0 Å². The molecule has 106 valence electrons. The molecule has 0 saturated heterocycles. The number of anilines is 1. The van der Waals surface area contributed by atoms with Crippen molar-refractivity contribution in [1.82, 2.24) is 9.88 Å². The third-order valence-corrected chi connectivity index (χ3v) is 3.47. The van der Waals surface area contributed by atoms with E-state index in [4.69, 9.17) is 0 Å². The topological polar surface area (TPSA) is 28.2 Å². The van der Waals surface area contributed by atoms with Crippen LogP contribution in [0.1, 0.15) is 18.1 Å². The Hall–Kier alpha value is -1.39. The molecule has 4 heteroatoms. The largest absolute Gasteiger partial charge is 0.370 e. The monoisotopic (exact) mass is 333 g/mol. The van der Waals surface area contributed by atoms with Crippen molar-refractivity contribution in [1.29, 1.82) is 0 Å². The summed E-state index contributed by atoms with van der Waals surface area (Å²) in [4.78, 5) is 6.68. The summed E-state index contributed by atoms with van der Waals surface area (Å²) in [5, 5.41) is 3.20. The first-order valence-corrected chi connectivity index (χ1v) is 7.58. The number of pyridine rings is 1. The maximum absolute atomic E-state index is 4.40. The van der Waals surface area contributed by atoms with Crippen molar-refractivity contribution in [2.75, 3.05) is 18.9 Å². The second-order valence-electron chi connectivity index (χ2n) is 4.88. The first-order chi connectivity index (χ1) is 9.67. The lowest BCUT2D eigenvalue weighted by molar-refractivity contribution is 0.318. The van der Waals surface area contributed by atoms with Gasteiger partial charge in [-0.15, -0.1) is 0 Å². The molecule has 0 unspecified atom stereocenters. The Balaban J connectivity index is 1.92. The average Bonchev–Trinajstić information content (AvgIpc) is 2.41. The number of hydrogen-bond acceptors (Lipinski definition) is 3. The number of nitrogens with zero attached hydrogens (tertiary/aromatic N) is 2. The Kier molecular flexibility index (Phi) is 5.56. The molecule has 0 aliphatic rings. The molecule has 0 fully saturated rings. The number of nitrogens with one attached hydrogen (secondary N) is 1. The fourth-order valence-corrected chi connectivity index (χ4v) is 2.56. The zero-order valence-corrected chi connectivity index (χ0v) is 13.5. The van der Waals surface area contributed by atoms with Crippen molar-refractivity contribution >= 4 is 21.7 Å². The van der Waals surface area contributed by atoms with Gasteiger partial charge in [-0.3, -0.25) is 4.90 Å². The normalized spacial score (nSPS) is 10.8. The van der Waals surface area contributed by atoms with Crippen LogP contribution in [0, 0.1) is 0 Å². The zero-order chi connectivity index (χ0) is 14.4. The summed E-state index contributed by atoms with van der Waals surface area (Å²) in [6.45, 7) is 4.79. The fourth-order valence-electron chi connectivity index (χ4n) is 2.12. The molecule has 2 rings (SSSR count). The molecule has 0 radical (unpaired) electrons. The molecule has 0 aliphatic heterocycles. The summed E-state index contributed by atoms with van der Waals surface area (Å²) in [5.74, 6) is 0.936. The van der Waals surface area contributed by atoms with Crippen LogP contribution in [0.2, 0.25) is 0 Å². The van der Waals surface area contributed by atoms with Gasteiger partial charge in [-0.25, -0.2) is 4.98 Å². The second-order valence-corrected chi connectivity index (χ2v) is 5.80. The molecule has 20 heavy (non-hydrogen) atoms. The number of benzene rings is 1. The van der Waals surface area contributed by atoms with E-state index in [-0.39, 0.29) is 0 Å². The Morgan fingerprint density at radius 1 is 1.15 bits per heavy atom. The summed E-state index contributed by atoms with van der Waals surface area (Å²) < 4.78 is 1.13. The van der Waals surface area contributed by atoms with Gasteiger partial charge in [-0.05, 0) is 43.3 Å². The molecule has 1 heterocycles. The highest BCUT2D eigenvalue weighted by Crippen LogP contribution is 2.14. The third kappa shape index (κ3) is 4.62. The first kappa shape index (κ1) is 15.0. The maximum Gasteiger partial charge on any atom is 0.125 e. The van der Waals surface area contributed by atoms with Crippen LogP contribution in [-0.4, -0.2) is 23.5 Å². The molecule has 3 nitrogen and oxygen atoms in total. The lowest BCUT2D eigenvalue weighted by Gasteiger charge is -2.17. The minimum absolute atomic E-state index is 0.895. The molecule has 0 bridgehead atoms. The Morgan fingerprint density at radius 3 is 2.60 bits per heavy atom. The van der Waals surface area contributed by atoms with Crippen LogP contribution in [0.15, 0.2) is 47.1 Å². The van der Waals surface area contributed by atoms with E-state index in [0.29, 0.717) is 0 Å². The van der Waals surface area contributed by atoms with Crippen LogP contribution in [0.5, 0.6) is 0 Å². The molecule has 0 atom stereocenters. The van der Waals surface area contributed by atoms with Crippen LogP contribution in [-0.2, 0) is 13.1 Å². The van der Waals surface area contributed by atoms with E-state index in [1.807, 2.05) is 18.3 Å². The first-order valence-electron chi connectivity index (χ1n) is 6.79. The highest BCUT2D eigenvalue weighted by Gasteiger charge is 2.03. The van der Waals surface area contributed by atoms with Crippen molar-refractivity contribution in [3.63, 3.8) is 0 Å². The third-order valence-electron chi connectivity index (χ3n) is 2.98. The van der Waals surface area contributed by atoms with Gasteiger partial charge in [-0.1, -0.05) is 34.1 Å². The van der Waals surface area contributed by atoms with Gasteiger partial charge in [0.05, 0.1) is 0 Å². The van der Waals surface area contributed by atoms with Gasteiger partial charge >= 0.3 is 0 Å². The minimum Gasteiger partial charge on any atom is -0.370 e. The minimum atomic E-state index is 0.895. The van der Waals surface area contributed by atoms with Crippen molar-refractivity contribution < 1.29 is 0 Å². The number of halogens is 1. The second kappa shape index (κ2) is 7.41. The van der Waals surface area contributed by atoms with Gasteiger partial charge in [0.25, 0.3) is 0 Å². The molecule has 0 spiro atoms. The van der Waals surface area contributed by atoms with Gasteiger partial charge in [0, 0.05) is 30.3 Å². The summed E-state index contributed by atoms with van der Waals surface area (Å²) in [7, 11) is 2.12. The molecule has 2 aromatic rings. The van der Waals surface area contributed by atoms with E-state index in [1.165, 1.54) is 11.1 Å². The number of hydrogen-bond donors (Lipinski definition) is 1. The standard InChI is InChI=1S/C16H20BrN3/c1-3-18-16-8-7-14(10-19-16)12-20(2)11-13-5-4-6-15(17)9-13/h4-10H,3,11-12H2,1-2H3,(H,18,19). The van der Waals surface area contributed by atoms with E-state index < -0.39 is 0 Å². The summed E-state index contributed by atoms with van der Waals surface area (Å²) >= 11 is 3.51. The molecule has 1 aromatic carbocycles. The van der Waals surface area contributed by atoms with Crippen LogP contribution in [0.25, 0.3) is 0 Å². The Morgan fingerprint density at radius 2 is 1.95 bits per heavy atom. The number of rotatable bonds is 6. The predicted octanol–water partition coefficient (Wildman–Crippen LogP) is 3.91. The van der Waals surface area contributed by atoms with Crippen LogP contribution >= 0.6 is 15.9 Å². The Bertz CT molecular complexity index is 540. The van der Waals surface area contributed by atoms with Gasteiger partial charge < -0.3 is 5.32 Å². The van der Waals surface area contributed by atoms with Crippen LogP contribution in [0.4, 0.5) is 5.82 Å².